The van der Waals surface area contributed by atoms with Crippen molar-refractivity contribution < 1.29 is 9.59 Å². The number of anilines is 2. The molecule has 0 saturated heterocycles. The normalized spacial score (nSPS) is 10.3. The molecule has 0 radical (unpaired) electrons. The van der Waals surface area contributed by atoms with Crippen LogP contribution in [-0.4, -0.2) is 23.5 Å². The maximum absolute atomic E-state index is 12.0. The Morgan fingerprint density at radius 1 is 0.960 bits per heavy atom. The lowest BCUT2D eigenvalue weighted by molar-refractivity contribution is -0.115. The van der Waals surface area contributed by atoms with Crippen LogP contribution in [0, 0.1) is 0 Å². The number of halogens is 1. The molecule has 0 bridgehead atoms. The van der Waals surface area contributed by atoms with E-state index < -0.39 is 6.03 Å². The summed E-state index contributed by atoms with van der Waals surface area (Å²) in [6.07, 6.45) is 1.66. The number of amides is 3. The molecule has 7 heteroatoms. The van der Waals surface area contributed by atoms with Crippen LogP contribution in [0.3, 0.4) is 0 Å². The highest BCUT2D eigenvalue weighted by molar-refractivity contribution is 9.10. The third-order valence-electron chi connectivity index (χ3n) is 3.42. The molecule has 0 saturated carbocycles. The molecule has 3 amide bonds. The molecule has 1 heterocycles. The molecule has 0 unspecified atom stereocenters. The molecule has 25 heavy (non-hydrogen) atoms. The average Bonchev–Trinajstić information content (AvgIpc) is 2.62. The first-order valence-corrected chi connectivity index (χ1v) is 8.35. The minimum Gasteiger partial charge on any atom is -0.329 e. The average molecular weight is 399 g/mol. The molecule has 3 rings (SSSR count). The summed E-state index contributed by atoms with van der Waals surface area (Å²) in [5.41, 5.74) is 1.94. The summed E-state index contributed by atoms with van der Waals surface area (Å²) in [4.78, 5) is 28.2. The Balaban J connectivity index is 1.55. The summed E-state index contributed by atoms with van der Waals surface area (Å²) in [6.45, 7) is -0.139. The van der Waals surface area contributed by atoms with E-state index in [-0.39, 0.29) is 12.5 Å². The van der Waals surface area contributed by atoms with E-state index in [9.17, 15) is 9.59 Å². The predicted octanol–water partition coefficient (Wildman–Crippen LogP) is 3.76. The fourth-order valence-electron chi connectivity index (χ4n) is 2.27. The highest BCUT2D eigenvalue weighted by Gasteiger charge is 2.08. The zero-order valence-electron chi connectivity index (χ0n) is 13.1. The summed E-state index contributed by atoms with van der Waals surface area (Å²) in [7, 11) is 0. The zero-order chi connectivity index (χ0) is 17.6. The molecule has 0 spiro atoms. The number of nitrogens with zero attached hydrogens (tertiary/aromatic N) is 1. The van der Waals surface area contributed by atoms with E-state index in [1.807, 2.05) is 36.4 Å². The van der Waals surface area contributed by atoms with E-state index in [4.69, 9.17) is 0 Å². The quantitative estimate of drug-likeness (QED) is 0.625. The predicted molar refractivity (Wildman–Crippen MR) is 102 cm³/mol. The van der Waals surface area contributed by atoms with Crippen LogP contribution in [0.2, 0.25) is 0 Å². The summed E-state index contributed by atoms with van der Waals surface area (Å²) in [6, 6.07) is 16.0. The molecule has 3 N–H and O–H groups in total. The maximum atomic E-state index is 12.0. The molecule has 3 aromatic rings. The summed E-state index contributed by atoms with van der Waals surface area (Å²) in [5.74, 6) is -0.312. The number of hydrogen-bond acceptors (Lipinski definition) is 3. The van der Waals surface area contributed by atoms with Gasteiger partial charge in [0.1, 0.15) is 0 Å². The third kappa shape index (κ3) is 4.54. The minimum atomic E-state index is -0.468. The lowest BCUT2D eigenvalue weighted by Gasteiger charge is -2.10. The summed E-state index contributed by atoms with van der Waals surface area (Å²) in [5, 5.41) is 8.87. The van der Waals surface area contributed by atoms with Crippen molar-refractivity contribution in [2.75, 3.05) is 17.2 Å². The first-order chi connectivity index (χ1) is 12.1. The number of pyridine rings is 1. The Morgan fingerprint density at radius 2 is 1.72 bits per heavy atom. The Morgan fingerprint density at radius 3 is 2.52 bits per heavy atom. The topological polar surface area (TPSA) is 83.1 Å². The van der Waals surface area contributed by atoms with Crippen molar-refractivity contribution in [1.82, 2.24) is 10.3 Å². The second-order valence-corrected chi connectivity index (χ2v) is 6.16. The van der Waals surface area contributed by atoms with Crippen molar-refractivity contribution in [3.63, 3.8) is 0 Å². The van der Waals surface area contributed by atoms with Gasteiger partial charge in [0.2, 0.25) is 5.91 Å². The van der Waals surface area contributed by atoms with Gasteiger partial charge in [0.05, 0.1) is 17.7 Å². The van der Waals surface area contributed by atoms with Crippen LogP contribution in [0.5, 0.6) is 0 Å². The number of para-hydroxylation sites is 1. The Labute approximate surface area is 152 Å². The summed E-state index contributed by atoms with van der Waals surface area (Å²) < 4.78 is 0.923. The number of fused-ring (bicyclic) bond motifs is 1. The van der Waals surface area contributed by atoms with Gasteiger partial charge in [0.25, 0.3) is 0 Å². The Bertz CT molecular complexity index is 907. The second-order valence-electron chi connectivity index (χ2n) is 5.24. The van der Waals surface area contributed by atoms with Gasteiger partial charge >= 0.3 is 6.03 Å². The van der Waals surface area contributed by atoms with E-state index in [0.717, 1.165) is 9.86 Å². The molecule has 126 valence electrons. The monoisotopic (exact) mass is 398 g/mol. The van der Waals surface area contributed by atoms with Gasteiger partial charge in [-0.25, -0.2) is 4.79 Å². The first-order valence-electron chi connectivity index (χ1n) is 7.56. The highest BCUT2D eigenvalue weighted by atomic mass is 79.9. The largest absolute Gasteiger partial charge is 0.329 e. The van der Waals surface area contributed by atoms with E-state index in [0.29, 0.717) is 16.9 Å². The van der Waals surface area contributed by atoms with Gasteiger partial charge in [-0.15, -0.1) is 0 Å². The van der Waals surface area contributed by atoms with E-state index in [1.165, 1.54) is 0 Å². The zero-order valence-corrected chi connectivity index (χ0v) is 14.7. The summed E-state index contributed by atoms with van der Waals surface area (Å²) >= 11 is 3.33. The van der Waals surface area contributed by atoms with Gasteiger partial charge in [0, 0.05) is 21.7 Å². The SMILES string of the molecule is O=C(CNC(=O)Nc1cccc2cccnc12)Nc1ccc(Br)cc1. The number of nitrogens with one attached hydrogen (secondary N) is 3. The lowest BCUT2D eigenvalue weighted by atomic mass is 10.2. The fourth-order valence-corrected chi connectivity index (χ4v) is 2.53. The molecular formula is C18H15BrN4O2. The van der Waals surface area contributed by atoms with Crippen LogP contribution in [0.1, 0.15) is 0 Å². The lowest BCUT2D eigenvalue weighted by Crippen LogP contribution is -2.35. The molecule has 1 aromatic heterocycles. The van der Waals surface area contributed by atoms with Crippen molar-refractivity contribution in [2.24, 2.45) is 0 Å². The standard InChI is InChI=1S/C18H15BrN4O2/c19-13-6-8-14(9-7-13)22-16(24)11-21-18(25)23-15-5-1-3-12-4-2-10-20-17(12)15/h1-10H,11H2,(H,22,24)(H2,21,23,25). The number of carbonyl (C=O) groups excluding carboxylic acids is 2. The maximum Gasteiger partial charge on any atom is 0.319 e. The van der Waals surface area contributed by atoms with Crippen LogP contribution in [0.25, 0.3) is 10.9 Å². The van der Waals surface area contributed by atoms with Crippen molar-refractivity contribution >= 4 is 50.1 Å². The second kappa shape index (κ2) is 7.76. The molecule has 0 aliphatic rings. The number of urea groups is 1. The third-order valence-corrected chi connectivity index (χ3v) is 3.95. The fraction of sp³-hybridized carbons (Fsp3) is 0.0556. The number of hydrogen-bond donors (Lipinski definition) is 3. The van der Waals surface area contributed by atoms with Gasteiger partial charge in [-0.3, -0.25) is 9.78 Å². The number of aromatic nitrogens is 1. The van der Waals surface area contributed by atoms with E-state index in [1.54, 1.807) is 24.4 Å². The molecule has 0 fully saturated rings. The number of carbonyl (C=O) groups is 2. The van der Waals surface area contributed by atoms with Crippen molar-refractivity contribution in [3.05, 3.63) is 65.3 Å². The van der Waals surface area contributed by atoms with Gasteiger partial charge in [-0.05, 0) is 36.4 Å². The molecule has 0 aliphatic heterocycles. The smallest absolute Gasteiger partial charge is 0.319 e. The van der Waals surface area contributed by atoms with Crippen LogP contribution in [0.15, 0.2) is 65.3 Å². The van der Waals surface area contributed by atoms with Crippen LogP contribution < -0.4 is 16.0 Å². The van der Waals surface area contributed by atoms with Crippen molar-refractivity contribution in [2.45, 2.75) is 0 Å². The highest BCUT2D eigenvalue weighted by Crippen LogP contribution is 2.20. The van der Waals surface area contributed by atoms with Gasteiger partial charge in [0.15, 0.2) is 0 Å². The van der Waals surface area contributed by atoms with Crippen LogP contribution in [0.4, 0.5) is 16.2 Å². The van der Waals surface area contributed by atoms with Gasteiger partial charge < -0.3 is 16.0 Å². The van der Waals surface area contributed by atoms with Crippen LogP contribution >= 0.6 is 15.9 Å². The number of benzene rings is 2. The van der Waals surface area contributed by atoms with Gasteiger partial charge in [-0.1, -0.05) is 34.1 Å². The van der Waals surface area contributed by atoms with Crippen molar-refractivity contribution in [1.29, 1.82) is 0 Å². The molecule has 0 atom stereocenters. The number of rotatable bonds is 4. The molecular weight excluding hydrogens is 384 g/mol. The molecule has 6 nitrogen and oxygen atoms in total. The first kappa shape index (κ1) is 16.9. The van der Waals surface area contributed by atoms with Crippen molar-refractivity contribution in [3.8, 4) is 0 Å². The van der Waals surface area contributed by atoms with E-state index in [2.05, 4.69) is 36.9 Å². The molecule has 0 aliphatic carbocycles. The molecule has 2 aromatic carbocycles. The van der Waals surface area contributed by atoms with Gasteiger partial charge in [-0.2, -0.15) is 0 Å². The Hall–Kier alpha value is -2.93. The van der Waals surface area contributed by atoms with E-state index >= 15 is 0 Å². The Kier molecular flexibility index (Phi) is 5.25. The minimum absolute atomic E-state index is 0.139. The van der Waals surface area contributed by atoms with Crippen LogP contribution in [-0.2, 0) is 4.79 Å².